The van der Waals surface area contributed by atoms with E-state index in [2.05, 4.69) is 52.9 Å². The molecule has 0 radical (unpaired) electrons. The van der Waals surface area contributed by atoms with E-state index in [9.17, 15) is 14.0 Å². The van der Waals surface area contributed by atoms with Crippen LogP contribution in [0.5, 0.6) is 0 Å². The number of anilines is 1. The third kappa shape index (κ3) is 10.9. The first-order valence-electron chi connectivity index (χ1n) is 16.0. The Morgan fingerprint density at radius 1 is 1.19 bits per heavy atom. The van der Waals surface area contributed by atoms with Crippen LogP contribution in [0.2, 0.25) is 0 Å². The van der Waals surface area contributed by atoms with E-state index >= 15 is 0 Å². The van der Waals surface area contributed by atoms with Gasteiger partial charge < -0.3 is 21.7 Å². The van der Waals surface area contributed by atoms with Crippen molar-refractivity contribution in [3.05, 3.63) is 113 Å². The van der Waals surface area contributed by atoms with Crippen LogP contribution in [0.15, 0.2) is 78.6 Å². The van der Waals surface area contributed by atoms with Crippen molar-refractivity contribution in [2.24, 2.45) is 10.7 Å². The molecule has 47 heavy (non-hydrogen) atoms. The molecule has 1 fully saturated rings. The van der Waals surface area contributed by atoms with Crippen molar-refractivity contribution in [2.45, 2.75) is 78.4 Å². The van der Waals surface area contributed by atoms with Gasteiger partial charge in [-0.15, -0.1) is 0 Å². The molecule has 8 nitrogen and oxygen atoms in total. The Balaban J connectivity index is 0.00000192. The van der Waals surface area contributed by atoms with Crippen LogP contribution >= 0.6 is 0 Å². The first-order chi connectivity index (χ1) is 22.6. The number of hydrogen-bond acceptors (Lipinski definition) is 8. The number of benzene rings is 2. The number of nitrogens with two attached hydrogens (primary N) is 1. The van der Waals surface area contributed by atoms with Crippen LogP contribution in [0.1, 0.15) is 93.9 Å². The third-order valence-electron chi connectivity index (χ3n) is 7.51. The maximum Gasteiger partial charge on any atom is 0.159 e. The molecule has 0 saturated carbocycles. The number of nitrogens with zero attached hydrogens (tertiary/aromatic N) is 4. The molecule has 0 spiro atoms. The highest BCUT2D eigenvalue weighted by Crippen LogP contribution is 2.24. The van der Waals surface area contributed by atoms with E-state index in [-0.39, 0.29) is 5.69 Å². The Morgan fingerprint density at radius 3 is 2.51 bits per heavy atom. The quantitative estimate of drug-likeness (QED) is 0.141. The molecule has 5 N–H and O–H groups in total. The molecule has 10 heteroatoms. The summed E-state index contributed by atoms with van der Waals surface area (Å²) in [7, 11) is 0. The van der Waals surface area contributed by atoms with E-state index in [1.54, 1.807) is 6.92 Å². The Kier molecular flexibility index (Phi) is 14.3. The zero-order chi connectivity index (χ0) is 34.3. The molecule has 2 unspecified atom stereocenters. The lowest BCUT2D eigenvalue weighted by Gasteiger charge is -2.19. The third-order valence-corrected chi connectivity index (χ3v) is 7.51. The predicted octanol–water partition coefficient (Wildman–Crippen LogP) is 7.78. The lowest BCUT2D eigenvalue weighted by atomic mass is 10.0. The van der Waals surface area contributed by atoms with Crippen molar-refractivity contribution in [3.8, 4) is 6.07 Å². The molecule has 3 aromatic rings. The van der Waals surface area contributed by atoms with Gasteiger partial charge in [0.25, 0.3) is 0 Å². The average molecular weight is 641 g/mol. The monoisotopic (exact) mass is 640 g/mol. The molecule has 1 aliphatic heterocycles. The molecule has 2 heterocycles. The van der Waals surface area contributed by atoms with Gasteiger partial charge in [0.15, 0.2) is 23.1 Å². The van der Waals surface area contributed by atoms with Gasteiger partial charge in [0, 0.05) is 24.3 Å². The molecule has 4 rings (SSSR count). The molecule has 248 valence electrons. The summed E-state index contributed by atoms with van der Waals surface area (Å²) >= 11 is 0. The van der Waals surface area contributed by atoms with Crippen LogP contribution in [-0.2, 0) is 6.54 Å². The summed E-state index contributed by atoms with van der Waals surface area (Å²) in [5, 5.41) is 19.3. The van der Waals surface area contributed by atoms with Gasteiger partial charge in [0.1, 0.15) is 11.8 Å². The van der Waals surface area contributed by atoms with E-state index in [0.717, 1.165) is 54.1 Å². The second-order valence-electron chi connectivity index (χ2n) is 11.4. The highest BCUT2D eigenvalue weighted by atomic mass is 19.2. The van der Waals surface area contributed by atoms with E-state index in [1.807, 2.05) is 43.3 Å². The second kappa shape index (κ2) is 18.3. The maximum atomic E-state index is 13.8. The SMILES string of the molecule is C=C(N)C(CCC1CCCN1)=N/C(=C\C)c1ccc(CNc2ncc(C#N)nc2C(=C)NC(C)c2ccc(F)c(F)c2)cc1.CCC. The van der Waals surface area contributed by atoms with Gasteiger partial charge in [0.2, 0.25) is 0 Å². The van der Waals surface area contributed by atoms with Crippen LogP contribution in [0.4, 0.5) is 14.6 Å². The van der Waals surface area contributed by atoms with Crippen LogP contribution in [-0.4, -0.2) is 28.3 Å². The van der Waals surface area contributed by atoms with Crippen molar-refractivity contribution >= 4 is 22.9 Å². The molecule has 0 amide bonds. The van der Waals surface area contributed by atoms with E-state index in [1.165, 1.54) is 31.5 Å². The summed E-state index contributed by atoms with van der Waals surface area (Å²) in [4.78, 5) is 13.6. The Hall–Kier alpha value is -4.88. The van der Waals surface area contributed by atoms with Crippen molar-refractivity contribution in [2.75, 3.05) is 11.9 Å². The number of aromatic nitrogens is 2. The summed E-state index contributed by atoms with van der Waals surface area (Å²) in [6.07, 6.45) is 8.70. The van der Waals surface area contributed by atoms with Crippen molar-refractivity contribution in [1.29, 1.82) is 5.26 Å². The Morgan fingerprint density at radius 2 is 1.91 bits per heavy atom. The summed E-state index contributed by atoms with van der Waals surface area (Å²) in [5.41, 5.74) is 11.5. The number of halogens is 2. The van der Waals surface area contributed by atoms with Crippen molar-refractivity contribution in [3.63, 3.8) is 0 Å². The second-order valence-corrected chi connectivity index (χ2v) is 11.4. The molecule has 0 bridgehead atoms. The minimum Gasteiger partial charge on any atom is -0.398 e. The van der Waals surface area contributed by atoms with E-state index in [0.29, 0.717) is 41.1 Å². The molecule has 1 saturated heterocycles. The standard InChI is InChI=1S/C34H38F2N8.C3H8/c1-5-31(44-32(21(2)38)15-13-27-7-6-16-39-27)25-10-8-24(9-11-25)19-40-34-33(43-28(18-37)20-41-34)23(4)42-22(3)26-12-14-29(35)30(36)17-26;1-3-2/h5,8-12,14,17,20,22,27,39,42H,2,4,6-7,13,15-16,19,38H2,1,3H3,(H,40,41);3H2,1-2H3/b31-5-,44-32?;. The first kappa shape index (κ1) is 36.6. The maximum absolute atomic E-state index is 13.8. The first-order valence-corrected chi connectivity index (χ1v) is 16.0. The molecule has 2 atom stereocenters. The fourth-order valence-corrected chi connectivity index (χ4v) is 5.00. The highest BCUT2D eigenvalue weighted by Gasteiger charge is 2.17. The Labute approximate surface area is 277 Å². The van der Waals surface area contributed by atoms with Crippen LogP contribution in [0.3, 0.4) is 0 Å². The van der Waals surface area contributed by atoms with Crippen LogP contribution in [0, 0.1) is 23.0 Å². The van der Waals surface area contributed by atoms with Crippen molar-refractivity contribution in [1.82, 2.24) is 20.6 Å². The number of nitriles is 1. The largest absolute Gasteiger partial charge is 0.398 e. The summed E-state index contributed by atoms with van der Waals surface area (Å²) in [5.74, 6) is -1.43. The molecular weight excluding hydrogens is 594 g/mol. The topological polar surface area (TPSA) is 124 Å². The van der Waals surface area contributed by atoms with Crippen molar-refractivity contribution < 1.29 is 8.78 Å². The van der Waals surface area contributed by atoms with Gasteiger partial charge in [-0.25, -0.2) is 18.7 Å². The van der Waals surface area contributed by atoms with Gasteiger partial charge in [-0.1, -0.05) is 69.8 Å². The Bertz CT molecular complexity index is 1620. The number of rotatable bonds is 13. The van der Waals surface area contributed by atoms with Crippen LogP contribution < -0.4 is 21.7 Å². The molecule has 1 aromatic heterocycles. The lowest BCUT2D eigenvalue weighted by Crippen LogP contribution is -2.23. The number of hydrogen-bond donors (Lipinski definition) is 4. The molecule has 0 aliphatic carbocycles. The fourth-order valence-electron chi connectivity index (χ4n) is 5.00. The summed E-state index contributed by atoms with van der Waals surface area (Å²) in [6, 6.07) is 13.8. The van der Waals surface area contributed by atoms with Gasteiger partial charge >= 0.3 is 0 Å². The molecule has 2 aromatic carbocycles. The van der Waals surface area contributed by atoms with Gasteiger partial charge in [0.05, 0.1) is 23.3 Å². The zero-order valence-corrected chi connectivity index (χ0v) is 27.8. The predicted molar refractivity (Wildman–Crippen MR) is 188 cm³/mol. The molecule has 1 aliphatic rings. The summed E-state index contributed by atoms with van der Waals surface area (Å²) < 4.78 is 27.2. The van der Waals surface area contributed by atoms with Gasteiger partial charge in [-0.3, -0.25) is 4.99 Å². The molecular formula is C37H46F2N8. The number of allylic oxidation sites excluding steroid dienone is 2. The minimum absolute atomic E-state index is 0.122. The fraction of sp³-hybridized carbons (Fsp3) is 0.351. The smallest absolute Gasteiger partial charge is 0.159 e. The van der Waals surface area contributed by atoms with E-state index in [4.69, 9.17) is 10.7 Å². The van der Waals surface area contributed by atoms with Gasteiger partial charge in [-0.05, 0) is 74.9 Å². The van der Waals surface area contributed by atoms with E-state index < -0.39 is 17.7 Å². The minimum atomic E-state index is -0.933. The van der Waals surface area contributed by atoms with Crippen LogP contribution in [0.25, 0.3) is 11.4 Å². The lowest BCUT2D eigenvalue weighted by molar-refractivity contribution is 0.504. The normalized spacial score (nSPS) is 15.2. The highest BCUT2D eigenvalue weighted by molar-refractivity contribution is 6.01. The zero-order valence-electron chi connectivity index (χ0n) is 27.8. The summed E-state index contributed by atoms with van der Waals surface area (Å²) in [6.45, 7) is 17.5. The number of nitrogens with one attached hydrogen (secondary N) is 3. The average Bonchev–Trinajstić information content (AvgIpc) is 3.59. The van der Waals surface area contributed by atoms with Gasteiger partial charge in [-0.2, -0.15) is 5.26 Å². The number of aliphatic imine (C=N–C) groups is 1.